The van der Waals surface area contributed by atoms with E-state index in [2.05, 4.69) is 488 Å². The van der Waals surface area contributed by atoms with Gasteiger partial charge in [0.05, 0.1) is 66.2 Å². The van der Waals surface area contributed by atoms with Crippen molar-refractivity contribution in [3.8, 4) is 56.4 Å². The number of hydrogen-bond acceptors (Lipinski definition) is 2. The van der Waals surface area contributed by atoms with Gasteiger partial charge in [-0.3, -0.25) is 0 Å². The van der Waals surface area contributed by atoms with Gasteiger partial charge >= 0.3 is 0 Å². The largest absolute Gasteiger partial charge is 0.456 e. The molecule has 0 aliphatic carbocycles. The highest BCUT2D eigenvalue weighted by atomic mass is 32.1. The summed E-state index contributed by atoms with van der Waals surface area (Å²) in [5, 5.41) is 36.0. The number of fused-ring (bicyclic) bond motifs is 15. The topological polar surface area (TPSA) is 42.7 Å². The molecule has 0 atom stereocenters. The number of benzene rings is 22. The van der Waals surface area contributed by atoms with Crippen molar-refractivity contribution in [3.63, 3.8) is 0 Å². The molecule has 0 bridgehead atoms. The van der Waals surface area contributed by atoms with Crippen LogP contribution in [0.2, 0.25) is 0 Å². The maximum atomic E-state index is 6.22. The molecular formula is C132H78N6OS. The zero-order valence-electron chi connectivity index (χ0n) is 75.5. The lowest BCUT2D eigenvalue weighted by Gasteiger charge is -2.14. The van der Waals surface area contributed by atoms with Gasteiger partial charge in [0.15, 0.2) is 0 Å². The summed E-state index contributed by atoms with van der Waals surface area (Å²) in [6, 6.07) is 173. The number of aromatic nitrogens is 6. The third kappa shape index (κ3) is 10.9. The predicted molar refractivity (Wildman–Crippen MR) is 595 cm³/mol. The lowest BCUT2D eigenvalue weighted by molar-refractivity contribution is 0.669. The fourth-order valence-electron chi connectivity index (χ4n) is 24.7. The van der Waals surface area contributed by atoms with Crippen molar-refractivity contribution >= 4 is 249 Å². The zero-order valence-corrected chi connectivity index (χ0v) is 76.3. The van der Waals surface area contributed by atoms with Crippen LogP contribution in [0.4, 0.5) is 0 Å². The molecule has 0 radical (unpaired) electrons. The van der Waals surface area contributed by atoms with Crippen molar-refractivity contribution in [1.29, 1.82) is 0 Å². The summed E-state index contributed by atoms with van der Waals surface area (Å²) >= 11 is 1.88. The third-order valence-corrected chi connectivity index (χ3v) is 31.5. The van der Waals surface area contributed by atoms with Crippen LogP contribution >= 0.6 is 11.3 Å². The van der Waals surface area contributed by atoms with E-state index in [1.165, 1.54) is 261 Å². The van der Waals surface area contributed by atoms with E-state index in [9.17, 15) is 0 Å². The van der Waals surface area contributed by atoms with Crippen LogP contribution in [0.3, 0.4) is 0 Å². The summed E-state index contributed by atoms with van der Waals surface area (Å²) in [5.41, 5.74) is 28.3. The van der Waals surface area contributed by atoms with E-state index >= 15 is 0 Å². The lowest BCUT2D eigenvalue weighted by atomic mass is 9.95. The SMILES string of the molecule is c1ccc(-c2cc(-c3ccccc3)cc(-n3c4cccc5c6ccccc6c6cccc7c6c6c(c54)c3ccc6n7-c3ccccc3)c2)cc1.c1ccc(-n2c3cccc4c5ccccc5c5cccc6c5c5c(c43)c2ccc5n6-c2ccc3c(c2)sc2ccccc23)cc1.c1ccc(-n2c3cccc4c5ccccc5c5cccc6c5c5c(c43)c2ccc5n6-c2ccc3oc4ccccc4c3c2)cc1. The normalized spacial score (nSPS) is 12.3. The summed E-state index contributed by atoms with van der Waals surface area (Å²) in [7, 11) is 0. The molecule has 8 heterocycles. The van der Waals surface area contributed by atoms with Crippen LogP contribution < -0.4 is 0 Å². The van der Waals surface area contributed by atoms with Gasteiger partial charge in [-0.25, -0.2) is 0 Å². The summed E-state index contributed by atoms with van der Waals surface area (Å²) in [6.45, 7) is 0. The molecule has 7 nitrogen and oxygen atoms in total. The van der Waals surface area contributed by atoms with Gasteiger partial charge in [-0.2, -0.15) is 0 Å². The minimum absolute atomic E-state index is 0.909. The molecule has 0 amide bonds. The number of para-hydroxylation sites is 4. The Morgan fingerprint density at radius 1 is 0.129 bits per heavy atom. The molecule has 33 rings (SSSR count). The summed E-state index contributed by atoms with van der Waals surface area (Å²) < 4.78 is 23.7. The summed E-state index contributed by atoms with van der Waals surface area (Å²) in [6.07, 6.45) is 0. The highest BCUT2D eigenvalue weighted by Crippen LogP contribution is 2.54. The quantitative estimate of drug-likeness (QED) is 0.149. The van der Waals surface area contributed by atoms with Crippen LogP contribution in [-0.4, -0.2) is 27.4 Å². The molecule has 648 valence electrons. The van der Waals surface area contributed by atoms with Gasteiger partial charge in [-0.1, -0.05) is 303 Å². The van der Waals surface area contributed by atoms with Gasteiger partial charge in [-0.15, -0.1) is 11.3 Å². The van der Waals surface area contributed by atoms with E-state index in [1.54, 1.807) is 0 Å². The van der Waals surface area contributed by atoms with E-state index < -0.39 is 0 Å². The molecule has 0 aliphatic rings. The van der Waals surface area contributed by atoms with Crippen molar-refractivity contribution in [3.05, 3.63) is 473 Å². The number of hydrogen-bond donors (Lipinski definition) is 0. The van der Waals surface area contributed by atoms with E-state index in [-0.39, 0.29) is 0 Å². The Labute approximate surface area is 804 Å². The van der Waals surface area contributed by atoms with Crippen molar-refractivity contribution in [2.75, 3.05) is 0 Å². The van der Waals surface area contributed by atoms with Gasteiger partial charge in [0, 0.05) is 130 Å². The van der Waals surface area contributed by atoms with Crippen molar-refractivity contribution in [2.24, 2.45) is 0 Å². The standard InChI is InChI=1S/C48H30N2.C42H24N2O.C42H24N2S/c1-4-14-31(15-5-1)33-28-34(32-16-6-2-7-17-32)30-36(29-33)50-42-25-13-23-40-38-21-11-10-20-37(38)39-22-12-24-41-45(39)47-43(26-27-44(50)48(47)46(40)42)49(41)35-18-8-3-9-19-35;1-2-10-25(11-3-1)43-33-17-8-15-30-27-12-4-5-13-28(27)31-16-9-18-34-40(31)42-36(22-21-35(43)41(42)39(30)33)44(34)26-20-23-38-32(24-26)29-14-6-7-19-37(29)45-38;1-2-10-25(11-3-1)43-33-17-8-15-31-27-12-4-5-13-28(27)32-16-9-18-34-40(32)42-36(23-22-35(43)41(42)39(31)33)44(34)26-20-21-30-29-14-6-7-19-37(29)45-38(30)24-26/h1-30H;2*1-24H. The minimum Gasteiger partial charge on any atom is -0.456 e. The Kier molecular flexibility index (Phi) is 16.3. The molecule has 0 saturated carbocycles. The molecule has 0 aliphatic heterocycles. The number of furan rings is 1. The van der Waals surface area contributed by atoms with Crippen LogP contribution in [0.5, 0.6) is 0 Å². The Balaban J connectivity index is 0.0000000969. The van der Waals surface area contributed by atoms with E-state index in [0.717, 1.165) is 33.3 Å². The fourth-order valence-corrected chi connectivity index (χ4v) is 25.9. The number of thiophene rings is 1. The first-order valence-corrected chi connectivity index (χ1v) is 49.0. The molecular weight excluding hydrogens is 1720 g/mol. The average Bonchev–Trinajstić information content (AvgIpc) is 1.53. The van der Waals surface area contributed by atoms with Gasteiger partial charge in [0.2, 0.25) is 0 Å². The average molecular weight is 1800 g/mol. The molecule has 0 saturated heterocycles. The second-order valence-corrected chi connectivity index (χ2v) is 38.6. The van der Waals surface area contributed by atoms with Crippen molar-refractivity contribution < 1.29 is 4.42 Å². The Morgan fingerprint density at radius 2 is 0.386 bits per heavy atom. The Bertz CT molecular complexity index is 10900. The Hall–Kier alpha value is -18.3. The highest BCUT2D eigenvalue weighted by molar-refractivity contribution is 7.25. The van der Waals surface area contributed by atoms with Gasteiger partial charge in [-0.05, 0) is 257 Å². The van der Waals surface area contributed by atoms with Gasteiger partial charge in [0.1, 0.15) is 11.2 Å². The van der Waals surface area contributed by atoms with Crippen LogP contribution in [0, 0.1) is 0 Å². The van der Waals surface area contributed by atoms with Gasteiger partial charge < -0.3 is 31.8 Å². The molecule has 140 heavy (non-hydrogen) atoms. The summed E-state index contributed by atoms with van der Waals surface area (Å²) in [5.74, 6) is 0. The van der Waals surface area contributed by atoms with Crippen LogP contribution in [0.25, 0.3) is 294 Å². The highest BCUT2D eigenvalue weighted by Gasteiger charge is 2.31. The molecule has 25 aromatic carbocycles. The minimum atomic E-state index is 0.909. The maximum Gasteiger partial charge on any atom is 0.135 e. The molecule has 0 unspecified atom stereocenters. The zero-order chi connectivity index (χ0) is 91.2. The fraction of sp³-hybridized carbons (Fsp3) is 0. The summed E-state index contributed by atoms with van der Waals surface area (Å²) in [4.78, 5) is 0. The monoisotopic (exact) mass is 1790 g/mol. The number of nitrogens with zero attached hydrogens (tertiary/aromatic N) is 6. The molecule has 33 aromatic rings. The second-order valence-electron chi connectivity index (χ2n) is 37.5. The van der Waals surface area contributed by atoms with Crippen molar-refractivity contribution in [1.82, 2.24) is 27.4 Å². The Morgan fingerprint density at radius 3 is 0.743 bits per heavy atom. The van der Waals surface area contributed by atoms with Crippen LogP contribution in [-0.2, 0) is 0 Å². The van der Waals surface area contributed by atoms with E-state index in [0.29, 0.717) is 0 Å². The molecule has 8 heteroatoms. The van der Waals surface area contributed by atoms with Crippen molar-refractivity contribution in [2.45, 2.75) is 0 Å². The molecule has 0 fully saturated rings. The maximum absolute atomic E-state index is 6.22. The van der Waals surface area contributed by atoms with E-state index in [1.807, 2.05) is 23.5 Å². The first-order chi connectivity index (χ1) is 69.5. The molecule has 0 N–H and O–H groups in total. The molecule has 0 spiro atoms. The first kappa shape index (κ1) is 77.0. The van der Waals surface area contributed by atoms with Crippen LogP contribution in [0.15, 0.2) is 478 Å². The predicted octanol–water partition coefficient (Wildman–Crippen LogP) is 36.5. The third-order valence-electron chi connectivity index (χ3n) is 30.3. The molecule has 8 aromatic heterocycles. The lowest BCUT2D eigenvalue weighted by Crippen LogP contribution is -1.96. The second kappa shape index (κ2) is 29.6. The first-order valence-electron chi connectivity index (χ1n) is 48.2. The van der Waals surface area contributed by atoms with E-state index in [4.69, 9.17) is 4.42 Å². The smallest absolute Gasteiger partial charge is 0.135 e. The van der Waals surface area contributed by atoms with Gasteiger partial charge in [0.25, 0.3) is 0 Å². The number of rotatable bonds is 8. The van der Waals surface area contributed by atoms with Crippen LogP contribution in [0.1, 0.15) is 0 Å².